The summed E-state index contributed by atoms with van der Waals surface area (Å²) in [6.45, 7) is 3.08. The van der Waals surface area contributed by atoms with Crippen molar-refractivity contribution >= 4 is 35.0 Å². The van der Waals surface area contributed by atoms with E-state index in [1.165, 1.54) is 12.1 Å². The lowest BCUT2D eigenvalue weighted by Crippen LogP contribution is -2.28. The molecule has 2 unspecified atom stereocenters. The standard InChI is InChI=1S/C28H29FN4O2/c1-18-15-21(12-13-24(18)29)31-28(35)23-17-33(2)16-22(23)20-10-7-19(8-11-20)9-14-27(34)32-26-6-4-3-5-25(26)30/h3-15,22-23H,16-17,30H2,1-2H3,(H,31,35)(H,32,34). The number of likely N-dealkylation sites (N-methyl/N-ethyl adjacent to an activating group) is 1. The number of amides is 2. The molecule has 0 bridgehead atoms. The van der Waals surface area contributed by atoms with Crippen LogP contribution in [-0.4, -0.2) is 36.9 Å². The second kappa shape index (κ2) is 10.5. The Morgan fingerprint density at radius 2 is 1.77 bits per heavy atom. The van der Waals surface area contributed by atoms with E-state index in [1.54, 1.807) is 37.3 Å². The first-order valence-electron chi connectivity index (χ1n) is 11.5. The van der Waals surface area contributed by atoms with Crippen LogP contribution in [0.15, 0.2) is 72.8 Å². The Morgan fingerprint density at radius 1 is 1.03 bits per heavy atom. The number of halogens is 1. The third-order valence-corrected chi connectivity index (χ3v) is 6.28. The van der Waals surface area contributed by atoms with Gasteiger partial charge < -0.3 is 21.3 Å². The zero-order valence-electron chi connectivity index (χ0n) is 19.8. The normalized spacial score (nSPS) is 18.0. The molecule has 1 saturated heterocycles. The predicted octanol–water partition coefficient (Wildman–Crippen LogP) is 4.65. The van der Waals surface area contributed by atoms with Gasteiger partial charge in [0, 0.05) is 30.8 Å². The monoisotopic (exact) mass is 472 g/mol. The lowest BCUT2D eigenvalue weighted by Gasteiger charge is -2.19. The summed E-state index contributed by atoms with van der Waals surface area (Å²) < 4.78 is 13.6. The highest BCUT2D eigenvalue weighted by molar-refractivity contribution is 6.03. The molecule has 1 aliphatic rings. The number of nitrogens with one attached hydrogen (secondary N) is 2. The molecule has 4 rings (SSSR count). The quantitative estimate of drug-likeness (QED) is 0.360. The van der Waals surface area contributed by atoms with E-state index < -0.39 is 0 Å². The van der Waals surface area contributed by atoms with Crippen LogP contribution in [0.25, 0.3) is 6.08 Å². The van der Waals surface area contributed by atoms with Crippen LogP contribution in [0.1, 0.15) is 22.6 Å². The number of para-hydroxylation sites is 2. The van der Waals surface area contributed by atoms with E-state index in [9.17, 15) is 14.0 Å². The van der Waals surface area contributed by atoms with Gasteiger partial charge in [-0.15, -0.1) is 0 Å². The van der Waals surface area contributed by atoms with Gasteiger partial charge in [-0.1, -0.05) is 36.4 Å². The van der Waals surface area contributed by atoms with Crippen molar-refractivity contribution in [3.63, 3.8) is 0 Å². The summed E-state index contributed by atoms with van der Waals surface area (Å²) in [7, 11) is 2.00. The van der Waals surface area contributed by atoms with E-state index in [0.29, 0.717) is 29.2 Å². The minimum atomic E-state index is -0.294. The van der Waals surface area contributed by atoms with E-state index in [2.05, 4.69) is 15.5 Å². The van der Waals surface area contributed by atoms with Gasteiger partial charge in [0.05, 0.1) is 17.3 Å². The number of nitrogen functional groups attached to an aromatic ring is 1. The molecule has 7 heteroatoms. The van der Waals surface area contributed by atoms with Gasteiger partial charge >= 0.3 is 0 Å². The van der Waals surface area contributed by atoms with Crippen LogP contribution in [0, 0.1) is 18.7 Å². The summed E-state index contributed by atoms with van der Waals surface area (Å²) in [4.78, 5) is 27.4. The minimum Gasteiger partial charge on any atom is -0.397 e. The van der Waals surface area contributed by atoms with E-state index in [1.807, 2.05) is 43.4 Å². The number of likely N-dealkylation sites (tertiary alicyclic amines) is 1. The number of anilines is 3. The van der Waals surface area contributed by atoms with Crippen molar-refractivity contribution in [2.75, 3.05) is 36.5 Å². The first-order chi connectivity index (χ1) is 16.8. The van der Waals surface area contributed by atoms with Gasteiger partial charge in [0.2, 0.25) is 11.8 Å². The van der Waals surface area contributed by atoms with E-state index in [0.717, 1.165) is 17.7 Å². The van der Waals surface area contributed by atoms with Crippen molar-refractivity contribution in [2.24, 2.45) is 5.92 Å². The van der Waals surface area contributed by atoms with Gasteiger partial charge in [-0.3, -0.25) is 9.59 Å². The van der Waals surface area contributed by atoms with Crippen LogP contribution in [0.4, 0.5) is 21.5 Å². The molecule has 3 aromatic carbocycles. The lowest BCUT2D eigenvalue weighted by molar-refractivity contribution is -0.119. The highest BCUT2D eigenvalue weighted by Crippen LogP contribution is 2.33. The maximum atomic E-state index is 13.6. The van der Waals surface area contributed by atoms with Crippen LogP contribution in [0.2, 0.25) is 0 Å². The average Bonchev–Trinajstić information content (AvgIpc) is 3.24. The third-order valence-electron chi connectivity index (χ3n) is 6.28. The van der Waals surface area contributed by atoms with E-state index >= 15 is 0 Å². The molecule has 4 N–H and O–H groups in total. The van der Waals surface area contributed by atoms with Gasteiger partial charge in [0.25, 0.3) is 0 Å². The molecule has 6 nitrogen and oxygen atoms in total. The van der Waals surface area contributed by atoms with E-state index in [4.69, 9.17) is 5.73 Å². The number of nitrogens with two attached hydrogens (primary N) is 1. The molecule has 0 spiro atoms. The molecule has 3 aromatic rings. The fourth-order valence-electron chi connectivity index (χ4n) is 4.37. The average molecular weight is 473 g/mol. The minimum absolute atomic E-state index is 0.0314. The third kappa shape index (κ3) is 5.94. The van der Waals surface area contributed by atoms with Crippen molar-refractivity contribution in [3.05, 3.63) is 95.3 Å². The van der Waals surface area contributed by atoms with Crippen molar-refractivity contribution in [3.8, 4) is 0 Å². The molecule has 0 aromatic heterocycles. The predicted molar refractivity (Wildman–Crippen MR) is 138 cm³/mol. The Kier molecular flexibility index (Phi) is 7.27. The van der Waals surface area contributed by atoms with Crippen LogP contribution in [-0.2, 0) is 9.59 Å². The zero-order valence-corrected chi connectivity index (χ0v) is 19.8. The first kappa shape index (κ1) is 24.2. The molecule has 35 heavy (non-hydrogen) atoms. The molecule has 1 aliphatic heterocycles. The number of nitrogens with zero attached hydrogens (tertiary/aromatic N) is 1. The number of aryl methyl sites for hydroxylation is 1. The fraction of sp³-hybridized carbons (Fsp3) is 0.214. The van der Waals surface area contributed by atoms with Crippen LogP contribution in [0.3, 0.4) is 0 Å². The second-order valence-corrected chi connectivity index (χ2v) is 8.96. The number of carbonyl (C=O) groups excluding carboxylic acids is 2. The summed E-state index contributed by atoms with van der Waals surface area (Å²) in [6.07, 6.45) is 3.20. The Labute approximate surface area is 204 Å². The van der Waals surface area contributed by atoms with Crippen molar-refractivity contribution < 1.29 is 14.0 Å². The Bertz CT molecular complexity index is 1260. The highest BCUT2D eigenvalue weighted by atomic mass is 19.1. The number of carbonyl (C=O) groups is 2. The van der Waals surface area contributed by atoms with Crippen molar-refractivity contribution in [1.82, 2.24) is 4.90 Å². The largest absolute Gasteiger partial charge is 0.397 e. The van der Waals surface area contributed by atoms with Crippen molar-refractivity contribution in [2.45, 2.75) is 12.8 Å². The van der Waals surface area contributed by atoms with Gasteiger partial charge in [0.1, 0.15) is 5.82 Å². The van der Waals surface area contributed by atoms with Gasteiger partial charge in [0.15, 0.2) is 0 Å². The fourth-order valence-corrected chi connectivity index (χ4v) is 4.37. The Hall–Kier alpha value is -3.97. The topological polar surface area (TPSA) is 87.5 Å². The molecule has 0 aliphatic carbocycles. The summed E-state index contributed by atoms with van der Waals surface area (Å²) >= 11 is 0. The molecule has 1 heterocycles. The van der Waals surface area contributed by atoms with Crippen LogP contribution < -0.4 is 16.4 Å². The van der Waals surface area contributed by atoms with Crippen LogP contribution in [0.5, 0.6) is 0 Å². The summed E-state index contributed by atoms with van der Waals surface area (Å²) in [6, 6.07) is 19.6. The molecule has 0 saturated carbocycles. The van der Waals surface area contributed by atoms with E-state index in [-0.39, 0.29) is 29.5 Å². The van der Waals surface area contributed by atoms with Crippen LogP contribution >= 0.6 is 0 Å². The smallest absolute Gasteiger partial charge is 0.248 e. The summed E-state index contributed by atoms with van der Waals surface area (Å²) in [5.74, 6) is -0.835. The maximum Gasteiger partial charge on any atom is 0.248 e. The lowest BCUT2D eigenvalue weighted by atomic mass is 9.88. The maximum absolute atomic E-state index is 13.6. The molecule has 2 atom stereocenters. The SMILES string of the molecule is Cc1cc(NC(=O)C2CN(C)CC2c2ccc(C=CC(=O)Nc3ccccc3N)cc2)ccc1F. The Balaban J connectivity index is 1.41. The number of benzene rings is 3. The molecule has 0 radical (unpaired) electrons. The molecule has 2 amide bonds. The first-order valence-corrected chi connectivity index (χ1v) is 11.5. The van der Waals surface area contributed by atoms with Gasteiger partial charge in [-0.25, -0.2) is 4.39 Å². The summed E-state index contributed by atoms with van der Waals surface area (Å²) in [5.41, 5.74) is 9.97. The zero-order chi connectivity index (χ0) is 24.9. The number of hydrogen-bond acceptors (Lipinski definition) is 4. The molecule has 1 fully saturated rings. The second-order valence-electron chi connectivity index (χ2n) is 8.96. The Morgan fingerprint density at radius 3 is 2.49 bits per heavy atom. The summed E-state index contributed by atoms with van der Waals surface area (Å²) in [5, 5.41) is 5.71. The molecule has 180 valence electrons. The number of hydrogen-bond donors (Lipinski definition) is 3. The molecular formula is C28H29FN4O2. The van der Waals surface area contributed by atoms with Gasteiger partial charge in [-0.2, -0.15) is 0 Å². The molecular weight excluding hydrogens is 443 g/mol. The van der Waals surface area contributed by atoms with Gasteiger partial charge in [-0.05, 0) is 67.1 Å². The highest BCUT2D eigenvalue weighted by Gasteiger charge is 2.37. The number of rotatable bonds is 6. The van der Waals surface area contributed by atoms with Crippen molar-refractivity contribution in [1.29, 1.82) is 0 Å².